The number of amides is 3. The molecule has 1 saturated carbocycles. The lowest BCUT2D eigenvalue weighted by Crippen LogP contribution is -2.54. The van der Waals surface area contributed by atoms with Crippen molar-refractivity contribution >= 4 is 17.9 Å². The van der Waals surface area contributed by atoms with Crippen LogP contribution in [0.4, 0.5) is 4.79 Å². The Balaban J connectivity index is 2.28. The molecule has 0 aromatic heterocycles. The number of hydrogen-bond donors (Lipinski definition) is 2. The Morgan fingerprint density at radius 2 is 1.82 bits per heavy atom. The van der Waals surface area contributed by atoms with Crippen molar-refractivity contribution in [3.8, 4) is 0 Å². The van der Waals surface area contributed by atoms with Crippen LogP contribution < -0.4 is 10.6 Å². The van der Waals surface area contributed by atoms with Gasteiger partial charge in [0, 0.05) is 12.6 Å². The van der Waals surface area contributed by atoms with Gasteiger partial charge in [-0.2, -0.15) is 0 Å². The number of aryl methyl sites for hydroxylation is 2. The largest absolute Gasteiger partial charge is 0.444 e. The van der Waals surface area contributed by atoms with Crippen molar-refractivity contribution in [3.63, 3.8) is 0 Å². The zero-order valence-corrected chi connectivity index (χ0v) is 21.1. The number of rotatable bonds is 10. The number of unbranched alkanes of at least 4 members (excludes halogenated alkanes) is 2. The molecule has 33 heavy (non-hydrogen) atoms. The van der Waals surface area contributed by atoms with Crippen molar-refractivity contribution < 1.29 is 19.1 Å². The fraction of sp³-hybridized carbons (Fsp3) is 0.654. The minimum absolute atomic E-state index is 0.0231. The molecule has 184 valence electrons. The Bertz CT molecular complexity index is 827. The number of nitrogens with one attached hydrogen (secondary N) is 2. The predicted molar refractivity (Wildman–Crippen MR) is 130 cm³/mol. The van der Waals surface area contributed by atoms with E-state index in [0.29, 0.717) is 6.54 Å². The Morgan fingerprint density at radius 3 is 2.36 bits per heavy atom. The maximum Gasteiger partial charge on any atom is 0.408 e. The molecule has 2 rings (SSSR count). The second-order valence-electron chi connectivity index (χ2n) is 10.0. The van der Waals surface area contributed by atoms with Gasteiger partial charge < -0.3 is 20.3 Å². The second kappa shape index (κ2) is 12.1. The molecule has 0 radical (unpaired) electrons. The molecule has 0 spiro atoms. The van der Waals surface area contributed by atoms with Crippen molar-refractivity contribution in [1.82, 2.24) is 15.5 Å². The summed E-state index contributed by atoms with van der Waals surface area (Å²) in [5.41, 5.74) is 2.25. The second-order valence-corrected chi connectivity index (χ2v) is 10.0. The van der Waals surface area contributed by atoms with E-state index >= 15 is 0 Å². The highest BCUT2D eigenvalue weighted by Crippen LogP contribution is 2.34. The Hall–Kier alpha value is -2.57. The summed E-state index contributed by atoms with van der Waals surface area (Å²) in [6.07, 6.45) is 5.09. The van der Waals surface area contributed by atoms with Crippen LogP contribution in [0.3, 0.4) is 0 Å². The molecule has 1 fully saturated rings. The number of benzene rings is 1. The molecule has 1 unspecified atom stereocenters. The van der Waals surface area contributed by atoms with Gasteiger partial charge in [-0.25, -0.2) is 4.79 Å². The van der Waals surface area contributed by atoms with Crippen LogP contribution in [0, 0.1) is 13.8 Å². The van der Waals surface area contributed by atoms with E-state index in [1.54, 1.807) is 25.7 Å². The van der Waals surface area contributed by atoms with Crippen molar-refractivity contribution in [2.75, 3.05) is 13.1 Å². The molecule has 7 nitrogen and oxygen atoms in total. The molecular weight excluding hydrogens is 418 g/mol. The number of hydrogen-bond acceptors (Lipinski definition) is 4. The first-order valence-corrected chi connectivity index (χ1v) is 12.2. The van der Waals surface area contributed by atoms with Crippen LogP contribution in [0.15, 0.2) is 18.2 Å². The zero-order valence-electron chi connectivity index (χ0n) is 21.1. The first-order valence-electron chi connectivity index (χ1n) is 12.2. The summed E-state index contributed by atoms with van der Waals surface area (Å²) in [6.45, 7) is 11.8. The predicted octanol–water partition coefficient (Wildman–Crippen LogP) is 4.56. The SMILES string of the molecule is CCCCCNC(=O)C(c1ccc(C)cc1C)N(C(=O)CNC(=O)OC(C)(C)C)C1CCC1. The quantitative estimate of drug-likeness (QED) is 0.502. The smallest absolute Gasteiger partial charge is 0.408 e. The normalized spacial score (nSPS) is 14.7. The summed E-state index contributed by atoms with van der Waals surface area (Å²) in [4.78, 5) is 40.7. The van der Waals surface area contributed by atoms with Crippen molar-refractivity contribution in [2.24, 2.45) is 0 Å². The summed E-state index contributed by atoms with van der Waals surface area (Å²) in [7, 11) is 0. The average molecular weight is 460 g/mol. The van der Waals surface area contributed by atoms with E-state index in [1.165, 1.54) is 0 Å². The molecular formula is C26H41N3O4. The van der Waals surface area contributed by atoms with Crippen LogP contribution in [0.25, 0.3) is 0 Å². The lowest BCUT2D eigenvalue weighted by atomic mass is 9.87. The van der Waals surface area contributed by atoms with Gasteiger partial charge in [0.25, 0.3) is 0 Å². The lowest BCUT2D eigenvalue weighted by Gasteiger charge is -2.42. The summed E-state index contributed by atoms with van der Waals surface area (Å²) in [5.74, 6) is -0.449. The Kier molecular flexibility index (Phi) is 9.74. The molecule has 1 aliphatic rings. The number of carbonyl (C=O) groups is 3. The maximum atomic E-state index is 13.4. The van der Waals surface area contributed by atoms with E-state index in [9.17, 15) is 14.4 Å². The van der Waals surface area contributed by atoms with E-state index in [1.807, 2.05) is 32.0 Å². The van der Waals surface area contributed by atoms with Gasteiger partial charge >= 0.3 is 6.09 Å². The number of nitrogens with zero attached hydrogens (tertiary/aromatic N) is 1. The topological polar surface area (TPSA) is 87.7 Å². The average Bonchev–Trinajstić information content (AvgIpc) is 2.67. The first kappa shape index (κ1) is 26.7. The third-order valence-corrected chi connectivity index (χ3v) is 5.86. The van der Waals surface area contributed by atoms with Gasteiger partial charge in [-0.1, -0.05) is 43.5 Å². The highest BCUT2D eigenvalue weighted by Gasteiger charge is 2.39. The molecule has 1 aromatic rings. The van der Waals surface area contributed by atoms with E-state index in [-0.39, 0.29) is 24.4 Å². The molecule has 7 heteroatoms. The van der Waals surface area contributed by atoms with Crippen LogP contribution in [0.2, 0.25) is 0 Å². The molecule has 0 saturated heterocycles. The highest BCUT2D eigenvalue weighted by molar-refractivity contribution is 5.91. The number of alkyl carbamates (subject to hydrolysis) is 1. The summed E-state index contributed by atoms with van der Waals surface area (Å²) < 4.78 is 5.27. The van der Waals surface area contributed by atoms with Gasteiger partial charge in [-0.3, -0.25) is 9.59 Å². The fourth-order valence-electron chi connectivity index (χ4n) is 4.01. The van der Waals surface area contributed by atoms with Crippen LogP contribution in [0.5, 0.6) is 0 Å². The van der Waals surface area contributed by atoms with Crippen LogP contribution in [-0.4, -0.2) is 47.5 Å². The molecule has 1 aliphatic carbocycles. The van der Waals surface area contributed by atoms with Gasteiger partial charge in [-0.15, -0.1) is 0 Å². The Labute approximate surface area is 198 Å². The summed E-state index contributed by atoms with van der Waals surface area (Å²) >= 11 is 0. The van der Waals surface area contributed by atoms with E-state index in [0.717, 1.165) is 55.2 Å². The first-order chi connectivity index (χ1) is 15.5. The Morgan fingerprint density at radius 1 is 1.12 bits per heavy atom. The fourth-order valence-corrected chi connectivity index (χ4v) is 4.01. The zero-order chi connectivity index (χ0) is 24.6. The molecule has 3 amide bonds. The van der Waals surface area contributed by atoms with E-state index in [4.69, 9.17) is 4.74 Å². The van der Waals surface area contributed by atoms with Gasteiger partial charge in [-0.05, 0) is 71.4 Å². The van der Waals surface area contributed by atoms with Crippen LogP contribution in [-0.2, 0) is 14.3 Å². The van der Waals surface area contributed by atoms with Crippen LogP contribution >= 0.6 is 0 Å². The van der Waals surface area contributed by atoms with Gasteiger partial charge in [0.1, 0.15) is 18.2 Å². The molecule has 0 heterocycles. The summed E-state index contributed by atoms with van der Waals surface area (Å²) in [6, 6.07) is 5.20. The van der Waals surface area contributed by atoms with Crippen molar-refractivity contribution in [2.45, 2.75) is 97.8 Å². The highest BCUT2D eigenvalue weighted by atomic mass is 16.6. The number of carbonyl (C=O) groups excluding carboxylic acids is 3. The number of ether oxygens (including phenoxy) is 1. The minimum atomic E-state index is -0.731. The molecule has 1 atom stereocenters. The monoisotopic (exact) mass is 459 g/mol. The van der Waals surface area contributed by atoms with Crippen molar-refractivity contribution in [3.05, 3.63) is 34.9 Å². The van der Waals surface area contributed by atoms with Crippen LogP contribution in [0.1, 0.15) is 89.0 Å². The third kappa shape index (κ3) is 8.06. The van der Waals surface area contributed by atoms with Gasteiger partial charge in [0.05, 0.1) is 0 Å². The minimum Gasteiger partial charge on any atom is -0.444 e. The third-order valence-electron chi connectivity index (χ3n) is 5.86. The molecule has 0 aliphatic heterocycles. The molecule has 2 N–H and O–H groups in total. The summed E-state index contributed by atoms with van der Waals surface area (Å²) in [5, 5.41) is 5.61. The lowest BCUT2D eigenvalue weighted by molar-refractivity contribution is -0.145. The maximum absolute atomic E-state index is 13.4. The molecule has 0 bridgehead atoms. The van der Waals surface area contributed by atoms with E-state index < -0.39 is 17.7 Å². The van der Waals surface area contributed by atoms with Gasteiger partial charge in [0.2, 0.25) is 11.8 Å². The van der Waals surface area contributed by atoms with Gasteiger partial charge in [0.15, 0.2) is 0 Å². The molecule has 1 aromatic carbocycles. The van der Waals surface area contributed by atoms with E-state index in [2.05, 4.69) is 17.6 Å². The van der Waals surface area contributed by atoms with Crippen molar-refractivity contribution in [1.29, 1.82) is 0 Å². The standard InChI is InChI=1S/C26H41N3O4/c1-7-8-9-15-27-24(31)23(21-14-13-18(2)16-19(21)3)29(20-11-10-12-20)22(30)17-28-25(32)33-26(4,5)6/h13-14,16,20,23H,7-12,15,17H2,1-6H3,(H,27,31)(H,28,32).